The van der Waals surface area contributed by atoms with Crippen molar-refractivity contribution in [1.82, 2.24) is 15.5 Å². The molecule has 1 aromatic heterocycles. The van der Waals surface area contributed by atoms with E-state index in [1.807, 2.05) is 0 Å². The maximum atomic E-state index is 12.9. The molecule has 1 saturated carbocycles. The smallest absolute Gasteiger partial charge is 0.252 e. The van der Waals surface area contributed by atoms with Gasteiger partial charge in [-0.15, -0.1) is 0 Å². The van der Waals surface area contributed by atoms with Crippen LogP contribution in [-0.4, -0.2) is 29.8 Å². The molecule has 0 spiro atoms. The first-order chi connectivity index (χ1) is 13.1. The van der Waals surface area contributed by atoms with E-state index in [-0.39, 0.29) is 5.91 Å². The Kier molecular flexibility index (Phi) is 5.98. The Morgan fingerprint density at radius 3 is 2.70 bits per heavy atom. The second kappa shape index (κ2) is 8.41. The fraction of sp³-hybridized carbons (Fsp3) is 0.550. The number of aromatic nitrogens is 2. The summed E-state index contributed by atoms with van der Waals surface area (Å²) in [6.45, 7) is 4.49. The quantitative estimate of drug-likeness (QED) is 0.709. The molecule has 0 bridgehead atoms. The van der Waals surface area contributed by atoms with E-state index >= 15 is 0 Å². The molecule has 146 valence electrons. The number of aryl methyl sites for hydroxylation is 1. The van der Waals surface area contributed by atoms with E-state index in [9.17, 15) is 4.79 Å². The highest BCUT2D eigenvalue weighted by molar-refractivity contribution is 5.95. The zero-order valence-corrected chi connectivity index (χ0v) is 16.2. The molecule has 1 heterocycles. The minimum absolute atomic E-state index is 0.183. The van der Waals surface area contributed by atoms with Gasteiger partial charge < -0.3 is 19.3 Å². The van der Waals surface area contributed by atoms with Crippen molar-refractivity contribution in [3.63, 3.8) is 0 Å². The lowest BCUT2D eigenvalue weighted by atomic mass is 9.96. The fourth-order valence-corrected chi connectivity index (χ4v) is 3.42. The average molecular weight is 373 g/mol. The minimum Gasteiger partial charge on any atom is -0.493 e. The van der Waals surface area contributed by atoms with Crippen molar-refractivity contribution in [3.8, 4) is 11.5 Å². The Bertz CT molecular complexity index is 781. The Hall–Kier alpha value is -2.57. The lowest BCUT2D eigenvalue weighted by Crippen LogP contribution is -2.44. The first kappa shape index (κ1) is 19.2. The highest BCUT2D eigenvalue weighted by Crippen LogP contribution is 2.38. The Morgan fingerprint density at radius 1 is 1.30 bits per heavy atom. The van der Waals surface area contributed by atoms with E-state index in [1.54, 1.807) is 32.2 Å². The average Bonchev–Trinajstić information content (AvgIpc) is 3.32. The predicted molar refractivity (Wildman–Crippen MR) is 100 cm³/mol. The monoisotopic (exact) mass is 373 g/mol. The number of rotatable bonds is 8. The van der Waals surface area contributed by atoms with Gasteiger partial charge in [0.2, 0.25) is 5.89 Å². The number of ether oxygens (including phenoxy) is 2. The molecular formula is C20H27N3O4. The van der Waals surface area contributed by atoms with E-state index in [2.05, 4.69) is 22.4 Å². The third-order valence-electron chi connectivity index (χ3n) is 4.95. The molecule has 3 rings (SSSR count). The van der Waals surface area contributed by atoms with Gasteiger partial charge in [-0.05, 0) is 37.5 Å². The van der Waals surface area contributed by atoms with Gasteiger partial charge in [-0.3, -0.25) is 4.79 Å². The summed E-state index contributed by atoms with van der Waals surface area (Å²) < 4.78 is 16.3. The molecule has 0 atom stereocenters. The zero-order valence-electron chi connectivity index (χ0n) is 16.2. The van der Waals surface area contributed by atoms with Crippen LogP contribution in [0, 0.1) is 6.92 Å². The largest absolute Gasteiger partial charge is 0.493 e. The number of amides is 1. The number of carbonyl (C=O) groups excluding carboxylic acids is 1. The van der Waals surface area contributed by atoms with Gasteiger partial charge in [0.15, 0.2) is 17.3 Å². The summed E-state index contributed by atoms with van der Waals surface area (Å²) in [4.78, 5) is 17.3. The third-order valence-corrected chi connectivity index (χ3v) is 4.95. The van der Waals surface area contributed by atoms with Crippen LogP contribution in [-0.2, 0) is 5.54 Å². The van der Waals surface area contributed by atoms with Crippen LogP contribution in [0.15, 0.2) is 22.7 Å². The molecule has 0 aliphatic heterocycles. The maximum absolute atomic E-state index is 12.9. The van der Waals surface area contributed by atoms with Gasteiger partial charge >= 0.3 is 0 Å². The second-order valence-corrected chi connectivity index (χ2v) is 6.95. The van der Waals surface area contributed by atoms with E-state index in [4.69, 9.17) is 14.0 Å². The molecule has 1 amide bonds. The molecule has 1 aliphatic rings. The molecule has 7 heteroatoms. The molecule has 1 fully saturated rings. The van der Waals surface area contributed by atoms with Crippen LogP contribution >= 0.6 is 0 Å². The highest BCUT2D eigenvalue weighted by Gasteiger charge is 2.41. The topological polar surface area (TPSA) is 86.5 Å². The Balaban J connectivity index is 1.78. The Morgan fingerprint density at radius 2 is 2.07 bits per heavy atom. The molecule has 27 heavy (non-hydrogen) atoms. The summed E-state index contributed by atoms with van der Waals surface area (Å²) in [5, 5.41) is 7.20. The van der Waals surface area contributed by atoms with Crippen LogP contribution in [0.4, 0.5) is 0 Å². The molecule has 2 aromatic rings. The molecular weight excluding hydrogens is 346 g/mol. The lowest BCUT2D eigenvalue weighted by molar-refractivity contribution is 0.0891. The van der Waals surface area contributed by atoms with Gasteiger partial charge in [-0.1, -0.05) is 31.3 Å². The molecule has 1 N–H and O–H groups in total. The third kappa shape index (κ3) is 4.23. The summed E-state index contributed by atoms with van der Waals surface area (Å²) in [7, 11) is 1.57. The van der Waals surface area contributed by atoms with Crippen molar-refractivity contribution in [2.45, 2.75) is 57.9 Å². The molecule has 1 aliphatic carbocycles. The molecule has 7 nitrogen and oxygen atoms in total. The number of hydrogen-bond donors (Lipinski definition) is 1. The molecule has 0 radical (unpaired) electrons. The summed E-state index contributed by atoms with van der Waals surface area (Å²) >= 11 is 0. The van der Waals surface area contributed by atoms with Gasteiger partial charge in [0.05, 0.1) is 13.7 Å². The van der Waals surface area contributed by atoms with Crippen LogP contribution in [0.1, 0.15) is 67.5 Å². The Labute approximate surface area is 159 Å². The highest BCUT2D eigenvalue weighted by atomic mass is 16.5. The van der Waals surface area contributed by atoms with E-state index in [0.29, 0.717) is 35.4 Å². The first-order valence-electron chi connectivity index (χ1n) is 9.52. The van der Waals surface area contributed by atoms with E-state index in [1.165, 1.54) is 0 Å². The SMILES string of the molecule is CCCCOc1ccc(C(=O)NC2(c3noc(C)n3)CCCC2)cc1OC. The van der Waals surface area contributed by atoms with E-state index in [0.717, 1.165) is 38.5 Å². The molecule has 0 unspecified atom stereocenters. The number of hydrogen-bond acceptors (Lipinski definition) is 6. The van der Waals surface area contributed by atoms with Crippen molar-refractivity contribution in [2.24, 2.45) is 0 Å². The number of methoxy groups -OCH3 is 1. The predicted octanol–water partition coefficient (Wildman–Crippen LogP) is 3.76. The normalized spacial score (nSPS) is 15.5. The maximum Gasteiger partial charge on any atom is 0.252 e. The number of nitrogens with zero attached hydrogens (tertiary/aromatic N) is 2. The standard InChI is InChI=1S/C20H27N3O4/c1-4-5-12-26-16-9-8-15(13-17(16)25-3)18(24)22-20(10-6-7-11-20)19-21-14(2)27-23-19/h8-9,13H,4-7,10-12H2,1-3H3,(H,22,24). The van der Waals surface area contributed by atoms with Gasteiger partial charge in [-0.25, -0.2) is 0 Å². The van der Waals surface area contributed by atoms with Gasteiger partial charge in [-0.2, -0.15) is 4.98 Å². The summed E-state index contributed by atoms with van der Waals surface area (Å²) in [6, 6.07) is 5.24. The van der Waals surface area contributed by atoms with E-state index < -0.39 is 5.54 Å². The van der Waals surface area contributed by atoms with Crippen LogP contribution < -0.4 is 14.8 Å². The number of carbonyl (C=O) groups is 1. The number of nitrogens with one attached hydrogen (secondary N) is 1. The van der Waals surface area contributed by atoms with Crippen LogP contribution in [0.5, 0.6) is 11.5 Å². The first-order valence-corrected chi connectivity index (χ1v) is 9.52. The molecule has 0 saturated heterocycles. The lowest BCUT2D eigenvalue weighted by Gasteiger charge is -2.27. The van der Waals surface area contributed by atoms with Gasteiger partial charge in [0.1, 0.15) is 5.54 Å². The van der Waals surface area contributed by atoms with Gasteiger partial charge in [0.25, 0.3) is 5.91 Å². The number of benzene rings is 1. The van der Waals surface area contributed by atoms with Crippen molar-refractivity contribution < 1.29 is 18.8 Å². The summed E-state index contributed by atoms with van der Waals surface area (Å²) in [5.41, 5.74) is -0.0561. The summed E-state index contributed by atoms with van der Waals surface area (Å²) in [6.07, 6.45) is 5.65. The molecule has 1 aromatic carbocycles. The fourth-order valence-electron chi connectivity index (χ4n) is 3.42. The second-order valence-electron chi connectivity index (χ2n) is 6.95. The van der Waals surface area contributed by atoms with Crippen LogP contribution in [0.2, 0.25) is 0 Å². The minimum atomic E-state index is -0.571. The zero-order chi connectivity index (χ0) is 19.3. The van der Waals surface area contributed by atoms with Crippen molar-refractivity contribution >= 4 is 5.91 Å². The van der Waals surface area contributed by atoms with Gasteiger partial charge in [0, 0.05) is 12.5 Å². The van der Waals surface area contributed by atoms with Crippen molar-refractivity contribution in [2.75, 3.05) is 13.7 Å². The number of unbranched alkanes of at least 4 members (excludes halogenated alkanes) is 1. The van der Waals surface area contributed by atoms with Crippen molar-refractivity contribution in [3.05, 3.63) is 35.5 Å². The summed E-state index contributed by atoms with van der Waals surface area (Å²) in [5.74, 6) is 2.07. The van der Waals surface area contributed by atoms with Crippen molar-refractivity contribution in [1.29, 1.82) is 0 Å². The van der Waals surface area contributed by atoms with Crippen LogP contribution in [0.25, 0.3) is 0 Å². The van der Waals surface area contributed by atoms with Crippen LogP contribution in [0.3, 0.4) is 0 Å².